The molecule has 0 bridgehead atoms. The molecule has 0 saturated carbocycles. The molecule has 2 aromatic carbocycles. The molecule has 0 aliphatic carbocycles. The molecule has 10 heteroatoms. The number of anilines is 1. The zero-order chi connectivity index (χ0) is 24.6. The van der Waals surface area contributed by atoms with Gasteiger partial charge in [0, 0.05) is 17.3 Å². The Morgan fingerprint density at radius 3 is 2.55 bits per heavy atom. The highest BCUT2D eigenvalue weighted by Gasteiger charge is 2.28. The summed E-state index contributed by atoms with van der Waals surface area (Å²) in [4.78, 5) is 24.4. The van der Waals surface area contributed by atoms with Gasteiger partial charge in [0.05, 0.1) is 18.7 Å². The van der Waals surface area contributed by atoms with Crippen LogP contribution in [0, 0.1) is 6.92 Å². The fourth-order valence-electron chi connectivity index (χ4n) is 2.71. The summed E-state index contributed by atoms with van der Waals surface area (Å²) < 4.78 is 47.9. The van der Waals surface area contributed by atoms with Crippen molar-refractivity contribution in [1.82, 2.24) is 5.32 Å². The van der Waals surface area contributed by atoms with Crippen LogP contribution in [-0.4, -0.2) is 38.3 Å². The van der Waals surface area contributed by atoms with Crippen molar-refractivity contribution < 1.29 is 32.2 Å². The lowest BCUT2D eigenvalue weighted by Crippen LogP contribution is -2.33. The number of benzene rings is 2. The SMILES string of the molecule is CCCOc1c(Cl)cc(/C=C/C(=O)Nc2cc(C(=O)NCC(F)(F)F)ccc2C)cc1OC. The Bertz CT molecular complexity index is 1040. The quantitative estimate of drug-likeness (QED) is 0.468. The Morgan fingerprint density at radius 2 is 1.91 bits per heavy atom. The van der Waals surface area contributed by atoms with E-state index in [1.165, 1.54) is 37.5 Å². The van der Waals surface area contributed by atoms with Crippen molar-refractivity contribution in [3.63, 3.8) is 0 Å². The molecule has 0 aliphatic heterocycles. The maximum absolute atomic E-state index is 12.4. The van der Waals surface area contributed by atoms with Gasteiger partial charge in [0.15, 0.2) is 11.5 Å². The first-order chi connectivity index (χ1) is 15.5. The van der Waals surface area contributed by atoms with Gasteiger partial charge in [-0.15, -0.1) is 0 Å². The van der Waals surface area contributed by atoms with Gasteiger partial charge in [-0.05, 0) is 54.8 Å². The van der Waals surface area contributed by atoms with E-state index < -0.39 is 24.5 Å². The van der Waals surface area contributed by atoms with E-state index in [0.717, 1.165) is 6.42 Å². The second-order valence-corrected chi connectivity index (χ2v) is 7.44. The Balaban J connectivity index is 2.12. The Labute approximate surface area is 194 Å². The second kappa shape index (κ2) is 11.6. The Hall–Kier alpha value is -3.20. The largest absolute Gasteiger partial charge is 0.493 e. The van der Waals surface area contributed by atoms with E-state index in [1.54, 1.807) is 24.4 Å². The van der Waals surface area contributed by atoms with Gasteiger partial charge < -0.3 is 20.1 Å². The number of rotatable bonds is 9. The Kier molecular flexibility index (Phi) is 9.16. The molecule has 0 radical (unpaired) electrons. The van der Waals surface area contributed by atoms with Gasteiger partial charge in [0.25, 0.3) is 5.91 Å². The molecule has 2 aromatic rings. The van der Waals surface area contributed by atoms with Crippen LogP contribution in [0.15, 0.2) is 36.4 Å². The van der Waals surface area contributed by atoms with Gasteiger partial charge in [0.2, 0.25) is 5.91 Å². The maximum atomic E-state index is 12.4. The summed E-state index contributed by atoms with van der Waals surface area (Å²) in [6, 6.07) is 7.50. The summed E-state index contributed by atoms with van der Waals surface area (Å²) in [7, 11) is 1.48. The molecule has 2 rings (SSSR count). The molecular weight excluding hydrogens is 461 g/mol. The minimum atomic E-state index is -4.52. The predicted molar refractivity (Wildman–Crippen MR) is 121 cm³/mol. The van der Waals surface area contributed by atoms with Crippen molar-refractivity contribution >= 4 is 35.2 Å². The molecule has 0 unspecified atom stereocenters. The number of hydrogen-bond donors (Lipinski definition) is 2. The third kappa shape index (κ3) is 8.02. The summed E-state index contributed by atoms with van der Waals surface area (Å²) in [5.74, 6) is -0.568. The van der Waals surface area contributed by atoms with E-state index in [2.05, 4.69) is 5.32 Å². The molecule has 6 nitrogen and oxygen atoms in total. The monoisotopic (exact) mass is 484 g/mol. The van der Waals surface area contributed by atoms with Crippen LogP contribution in [0.3, 0.4) is 0 Å². The van der Waals surface area contributed by atoms with E-state index in [9.17, 15) is 22.8 Å². The lowest BCUT2D eigenvalue weighted by atomic mass is 10.1. The number of ether oxygens (including phenoxy) is 2. The van der Waals surface area contributed by atoms with Crippen LogP contribution in [0.1, 0.15) is 34.8 Å². The number of nitrogens with one attached hydrogen (secondary N) is 2. The van der Waals surface area contributed by atoms with Gasteiger partial charge in [-0.1, -0.05) is 24.6 Å². The zero-order valence-corrected chi connectivity index (χ0v) is 19.1. The van der Waals surface area contributed by atoms with E-state index >= 15 is 0 Å². The van der Waals surface area contributed by atoms with Gasteiger partial charge in [-0.3, -0.25) is 9.59 Å². The average molecular weight is 485 g/mol. The van der Waals surface area contributed by atoms with E-state index in [0.29, 0.717) is 39.9 Å². The molecule has 0 fully saturated rings. The van der Waals surface area contributed by atoms with Crippen LogP contribution < -0.4 is 20.1 Å². The Morgan fingerprint density at radius 1 is 1.18 bits per heavy atom. The number of halogens is 4. The highest BCUT2D eigenvalue weighted by Crippen LogP contribution is 2.36. The number of methoxy groups -OCH3 is 1. The normalized spacial score (nSPS) is 11.4. The minimum absolute atomic E-state index is 0.0108. The van der Waals surface area contributed by atoms with Gasteiger partial charge >= 0.3 is 6.18 Å². The minimum Gasteiger partial charge on any atom is -0.493 e. The van der Waals surface area contributed by atoms with Gasteiger partial charge in [-0.2, -0.15) is 13.2 Å². The first-order valence-electron chi connectivity index (χ1n) is 9.99. The van der Waals surface area contributed by atoms with Crippen molar-refractivity contribution in [2.45, 2.75) is 26.4 Å². The van der Waals surface area contributed by atoms with Crippen LogP contribution >= 0.6 is 11.6 Å². The number of aryl methyl sites for hydroxylation is 1. The number of hydrogen-bond acceptors (Lipinski definition) is 4. The number of alkyl halides is 3. The van der Waals surface area contributed by atoms with Gasteiger partial charge in [-0.25, -0.2) is 0 Å². The molecule has 0 aliphatic rings. The number of amides is 2. The first kappa shape index (κ1) is 26.1. The predicted octanol–water partition coefficient (Wildman–Crippen LogP) is 5.39. The fraction of sp³-hybridized carbons (Fsp3) is 0.304. The van der Waals surface area contributed by atoms with Crippen LogP contribution in [0.25, 0.3) is 6.08 Å². The topological polar surface area (TPSA) is 76.7 Å². The lowest BCUT2D eigenvalue weighted by Gasteiger charge is -2.13. The lowest BCUT2D eigenvalue weighted by molar-refractivity contribution is -0.123. The van der Waals surface area contributed by atoms with Crippen LogP contribution in [0.5, 0.6) is 11.5 Å². The van der Waals surface area contributed by atoms with Gasteiger partial charge in [0.1, 0.15) is 6.54 Å². The number of carbonyl (C=O) groups excluding carboxylic acids is 2. The van der Waals surface area contributed by atoms with Crippen LogP contribution in [0.2, 0.25) is 5.02 Å². The molecule has 2 N–H and O–H groups in total. The molecule has 2 amide bonds. The van der Waals surface area contributed by atoms with Crippen molar-refractivity contribution in [2.24, 2.45) is 0 Å². The highest BCUT2D eigenvalue weighted by atomic mass is 35.5. The molecule has 178 valence electrons. The standard InChI is InChI=1S/C23H24ClF3N2O4/c1-4-9-33-21-17(24)10-15(11-19(21)32-3)6-8-20(30)29-18-12-16(7-5-14(18)2)22(31)28-13-23(25,26)27/h5-8,10-12H,4,9,13H2,1-3H3,(H,28,31)(H,29,30)/b8-6+. The molecule has 0 spiro atoms. The second-order valence-electron chi connectivity index (χ2n) is 7.03. The number of carbonyl (C=O) groups is 2. The van der Waals surface area contributed by atoms with E-state index in [1.807, 2.05) is 6.92 Å². The third-order valence-corrected chi connectivity index (χ3v) is 4.62. The molecule has 0 aromatic heterocycles. The highest BCUT2D eigenvalue weighted by molar-refractivity contribution is 6.32. The zero-order valence-electron chi connectivity index (χ0n) is 18.3. The summed E-state index contributed by atoms with van der Waals surface area (Å²) in [5.41, 5.74) is 1.51. The molecule has 33 heavy (non-hydrogen) atoms. The molecule has 0 saturated heterocycles. The molecular formula is C23H24ClF3N2O4. The first-order valence-corrected chi connectivity index (χ1v) is 10.4. The third-order valence-electron chi connectivity index (χ3n) is 4.34. The summed E-state index contributed by atoms with van der Waals surface area (Å²) in [6.45, 7) is 2.68. The van der Waals surface area contributed by atoms with Crippen molar-refractivity contribution in [2.75, 3.05) is 25.6 Å². The fourth-order valence-corrected chi connectivity index (χ4v) is 2.98. The molecule has 0 atom stereocenters. The smallest absolute Gasteiger partial charge is 0.405 e. The van der Waals surface area contributed by atoms with Crippen LogP contribution in [0.4, 0.5) is 18.9 Å². The van der Waals surface area contributed by atoms with Crippen molar-refractivity contribution in [3.8, 4) is 11.5 Å². The summed E-state index contributed by atoms with van der Waals surface area (Å²) in [5, 5.41) is 4.74. The molecule has 0 heterocycles. The maximum Gasteiger partial charge on any atom is 0.405 e. The summed E-state index contributed by atoms with van der Waals surface area (Å²) >= 11 is 6.27. The summed E-state index contributed by atoms with van der Waals surface area (Å²) in [6.07, 6.45) is -0.948. The average Bonchev–Trinajstić information content (AvgIpc) is 2.75. The van der Waals surface area contributed by atoms with Crippen molar-refractivity contribution in [3.05, 3.63) is 58.1 Å². The van der Waals surface area contributed by atoms with E-state index in [-0.39, 0.29) is 5.56 Å². The van der Waals surface area contributed by atoms with Crippen molar-refractivity contribution in [1.29, 1.82) is 0 Å². The van der Waals surface area contributed by atoms with Crippen LogP contribution in [-0.2, 0) is 4.79 Å². The van der Waals surface area contributed by atoms with E-state index in [4.69, 9.17) is 21.1 Å².